The lowest BCUT2D eigenvalue weighted by molar-refractivity contribution is -0.153. The zero-order valence-electron chi connectivity index (χ0n) is 9.38. The van der Waals surface area contributed by atoms with Gasteiger partial charge in [-0.2, -0.15) is 13.2 Å². The molecule has 0 aliphatic rings. The van der Waals surface area contributed by atoms with E-state index in [-0.39, 0.29) is 22.6 Å². The number of rotatable bonds is 5. The van der Waals surface area contributed by atoms with Crippen molar-refractivity contribution in [3.05, 3.63) is 23.8 Å². The molecule has 0 spiro atoms. The average Bonchev–Trinajstić information content (AvgIpc) is 2.34. The van der Waals surface area contributed by atoms with Gasteiger partial charge in [0, 0.05) is 5.56 Å². The number of methoxy groups -OCH3 is 1. The quantitative estimate of drug-likeness (QED) is 0.615. The van der Waals surface area contributed by atoms with Crippen LogP contribution in [0.4, 0.5) is 13.2 Å². The monoisotopic (exact) mass is 326 g/mol. The maximum atomic E-state index is 12.0. The molecule has 0 saturated heterocycles. The Morgan fingerprint density at radius 1 is 1.33 bits per heavy atom. The Labute approximate surface area is 110 Å². The summed E-state index contributed by atoms with van der Waals surface area (Å²) in [6.07, 6.45) is -4.42. The second-order valence-corrected chi connectivity index (χ2v) is 3.89. The van der Waals surface area contributed by atoms with Gasteiger partial charge in [0.15, 0.2) is 23.9 Å². The van der Waals surface area contributed by atoms with Gasteiger partial charge < -0.3 is 9.47 Å². The van der Waals surface area contributed by atoms with Crippen molar-refractivity contribution in [2.75, 3.05) is 19.0 Å². The number of Topliss-reactive ketones (excluding diaryl/α,β-unsaturated/α-hetero) is 1. The molecule has 0 N–H and O–H groups in total. The molecule has 0 unspecified atom stereocenters. The van der Waals surface area contributed by atoms with Gasteiger partial charge in [-0.1, -0.05) is 15.9 Å². The van der Waals surface area contributed by atoms with Gasteiger partial charge >= 0.3 is 6.18 Å². The first-order chi connectivity index (χ1) is 8.37. The van der Waals surface area contributed by atoms with Crippen LogP contribution < -0.4 is 9.47 Å². The molecule has 0 aromatic heterocycles. The van der Waals surface area contributed by atoms with Crippen molar-refractivity contribution in [3.63, 3.8) is 0 Å². The van der Waals surface area contributed by atoms with E-state index in [0.717, 1.165) is 0 Å². The maximum Gasteiger partial charge on any atom is 0.422 e. The number of halogens is 4. The van der Waals surface area contributed by atoms with Crippen LogP contribution in [0, 0.1) is 0 Å². The molecule has 0 atom stereocenters. The Morgan fingerprint density at radius 3 is 2.50 bits per heavy atom. The Bertz CT molecular complexity index is 432. The average molecular weight is 327 g/mol. The molecule has 0 heterocycles. The second kappa shape index (κ2) is 6.08. The highest BCUT2D eigenvalue weighted by atomic mass is 79.9. The summed E-state index contributed by atoms with van der Waals surface area (Å²) in [6.45, 7) is -1.41. The number of ketones is 1. The third-order valence-electron chi connectivity index (χ3n) is 2.00. The van der Waals surface area contributed by atoms with E-state index in [1.165, 1.54) is 25.3 Å². The molecule has 0 aliphatic carbocycles. The lowest BCUT2D eigenvalue weighted by Crippen LogP contribution is -2.19. The van der Waals surface area contributed by atoms with Crippen molar-refractivity contribution in [1.29, 1.82) is 0 Å². The van der Waals surface area contributed by atoms with Crippen LogP contribution in [0.1, 0.15) is 10.4 Å². The van der Waals surface area contributed by atoms with E-state index in [9.17, 15) is 18.0 Å². The van der Waals surface area contributed by atoms with E-state index in [1.54, 1.807) is 0 Å². The van der Waals surface area contributed by atoms with Crippen LogP contribution in [0.15, 0.2) is 18.2 Å². The number of ether oxygens (including phenoxy) is 2. The first kappa shape index (κ1) is 14.8. The number of alkyl halides is 4. The van der Waals surface area contributed by atoms with E-state index in [2.05, 4.69) is 20.7 Å². The van der Waals surface area contributed by atoms with Crippen molar-refractivity contribution in [2.24, 2.45) is 0 Å². The van der Waals surface area contributed by atoms with Gasteiger partial charge in [0.25, 0.3) is 0 Å². The van der Waals surface area contributed by atoms with Crippen LogP contribution in [0.2, 0.25) is 0 Å². The van der Waals surface area contributed by atoms with Gasteiger partial charge in [-0.05, 0) is 18.2 Å². The molecule has 1 aromatic carbocycles. The van der Waals surface area contributed by atoms with Crippen LogP contribution in [-0.4, -0.2) is 31.0 Å². The van der Waals surface area contributed by atoms with E-state index < -0.39 is 12.8 Å². The summed E-state index contributed by atoms with van der Waals surface area (Å²) >= 11 is 3.00. The molecular weight excluding hydrogens is 317 g/mol. The fraction of sp³-hybridized carbons (Fsp3) is 0.364. The lowest BCUT2D eigenvalue weighted by atomic mass is 10.1. The highest BCUT2D eigenvalue weighted by Gasteiger charge is 2.29. The fourth-order valence-electron chi connectivity index (χ4n) is 1.20. The predicted molar refractivity (Wildman–Crippen MR) is 62.7 cm³/mol. The van der Waals surface area contributed by atoms with Gasteiger partial charge in [-0.25, -0.2) is 0 Å². The third-order valence-corrected chi connectivity index (χ3v) is 2.51. The summed E-state index contributed by atoms with van der Waals surface area (Å²) in [5.74, 6) is -0.164. The predicted octanol–water partition coefficient (Wildman–Crippen LogP) is 3.21. The van der Waals surface area contributed by atoms with Crippen molar-refractivity contribution < 1.29 is 27.4 Å². The Morgan fingerprint density at radius 2 is 2.00 bits per heavy atom. The standard InChI is InChI=1S/C11H10BrF3O3/c1-17-10-4-7(8(16)5-12)2-3-9(10)18-6-11(13,14)15/h2-4H,5-6H2,1H3. The summed E-state index contributed by atoms with van der Waals surface area (Å²) in [5, 5.41) is 0.124. The summed E-state index contributed by atoms with van der Waals surface area (Å²) in [7, 11) is 1.29. The zero-order valence-corrected chi connectivity index (χ0v) is 11.0. The molecule has 1 rings (SSSR count). The van der Waals surface area contributed by atoms with E-state index >= 15 is 0 Å². The molecule has 18 heavy (non-hydrogen) atoms. The minimum atomic E-state index is -4.42. The van der Waals surface area contributed by atoms with Crippen molar-refractivity contribution >= 4 is 21.7 Å². The molecule has 1 aromatic rings. The number of carbonyl (C=O) groups is 1. The Kier molecular flexibility index (Phi) is 5.01. The van der Waals surface area contributed by atoms with Crippen LogP contribution in [0.3, 0.4) is 0 Å². The minimum Gasteiger partial charge on any atom is -0.493 e. The largest absolute Gasteiger partial charge is 0.493 e. The maximum absolute atomic E-state index is 12.0. The molecule has 3 nitrogen and oxygen atoms in total. The van der Waals surface area contributed by atoms with Gasteiger partial charge in [0.05, 0.1) is 12.4 Å². The van der Waals surface area contributed by atoms with E-state index in [1.807, 2.05) is 0 Å². The number of hydrogen-bond donors (Lipinski definition) is 0. The van der Waals surface area contributed by atoms with Crippen LogP contribution in [0.5, 0.6) is 11.5 Å². The minimum absolute atomic E-state index is 0.0547. The summed E-state index contributed by atoms with van der Waals surface area (Å²) in [6, 6.07) is 4.01. The molecule has 0 saturated carbocycles. The Hall–Kier alpha value is -1.24. The van der Waals surface area contributed by atoms with Crippen LogP contribution in [0.25, 0.3) is 0 Å². The number of hydrogen-bond acceptors (Lipinski definition) is 3. The summed E-state index contributed by atoms with van der Waals surface area (Å²) < 4.78 is 45.5. The molecule has 7 heteroatoms. The van der Waals surface area contributed by atoms with Gasteiger partial charge in [0.2, 0.25) is 0 Å². The first-order valence-electron chi connectivity index (χ1n) is 4.84. The van der Waals surface area contributed by atoms with Crippen LogP contribution >= 0.6 is 15.9 Å². The highest BCUT2D eigenvalue weighted by Crippen LogP contribution is 2.30. The smallest absolute Gasteiger partial charge is 0.422 e. The van der Waals surface area contributed by atoms with Gasteiger partial charge in [-0.15, -0.1) is 0 Å². The normalized spacial score (nSPS) is 11.2. The van der Waals surface area contributed by atoms with Crippen LogP contribution in [-0.2, 0) is 0 Å². The van der Waals surface area contributed by atoms with Gasteiger partial charge in [-0.3, -0.25) is 4.79 Å². The Balaban J connectivity index is 2.90. The highest BCUT2D eigenvalue weighted by molar-refractivity contribution is 9.09. The molecule has 0 radical (unpaired) electrons. The summed E-state index contributed by atoms with van der Waals surface area (Å²) in [5.41, 5.74) is 0.336. The number of carbonyl (C=O) groups excluding carboxylic acids is 1. The topological polar surface area (TPSA) is 35.5 Å². The van der Waals surface area contributed by atoms with Crippen molar-refractivity contribution in [3.8, 4) is 11.5 Å². The van der Waals surface area contributed by atoms with Crippen molar-refractivity contribution in [2.45, 2.75) is 6.18 Å². The molecule has 0 bridgehead atoms. The molecular formula is C11H10BrF3O3. The molecule has 0 fully saturated rings. The lowest BCUT2D eigenvalue weighted by Gasteiger charge is -2.13. The van der Waals surface area contributed by atoms with Crippen molar-refractivity contribution in [1.82, 2.24) is 0 Å². The van der Waals surface area contributed by atoms with Gasteiger partial charge in [0.1, 0.15) is 0 Å². The molecule has 0 amide bonds. The molecule has 0 aliphatic heterocycles. The third kappa shape index (κ3) is 4.21. The fourth-order valence-corrected chi connectivity index (χ4v) is 1.52. The van der Waals surface area contributed by atoms with E-state index in [0.29, 0.717) is 5.56 Å². The summed E-state index contributed by atoms with van der Waals surface area (Å²) in [4.78, 5) is 11.4. The van der Waals surface area contributed by atoms with E-state index in [4.69, 9.17) is 4.74 Å². The SMILES string of the molecule is COc1cc(C(=O)CBr)ccc1OCC(F)(F)F. The number of benzene rings is 1. The zero-order chi connectivity index (χ0) is 13.8. The second-order valence-electron chi connectivity index (χ2n) is 3.33. The first-order valence-corrected chi connectivity index (χ1v) is 5.96. The molecule has 100 valence electrons.